The summed E-state index contributed by atoms with van der Waals surface area (Å²) in [5.41, 5.74) is 0.0439. The number of aromatic carboxylic acids is 1. The van der Waals surface area contributed by atoms with Crippen LogP contribution in [0.3, 0.4) is 0 Å². The van der Waals surface area contributed by atoms with Crippen molar-refractivity contribution < 1.29 is 24.5 Å². The smallest absolute Gasteiger partial charge is 0.339 e. The fourth-order valence-corrected chi connectivity index (χ4v) is 3.35. The molecule has 0 aliphatic rings. The molecule has 202 valence electrons. The van der Waals surface area contributed by atoms with Gasteiger partial charge in [-0.25, -0.2) is 4.79 Å². The second kappa shape index (κ2) is 20.8. The van der Waals surface area contributed by atoms with E-state index in [1.54, 1.807) is 0 Å². The van der Waals surface area contributed by atoms with Crippen molar-refractivity contribution in [3.63, 3.8) is 0 Å². The summed E-state index contributed by atoms with van der Waals surface area (Å²) in [5, 5.41) is 21.3. The molecule has 0 saturated carbocycles. The Hall–Kier alpha value is -3.38. The Balaban J connectivity index is 2.15. The maximum Gasteiger partial charge on any atom is 0.339 e. The first kappa shape index (κ1) is 31.6. The third-order valence-electron chi connectivity index (χ3n) is 5.40. The number of benzene rings is 1. The number of phenols is 1. The Kier molecular flexibility index (Phi) is 17.8. The van der Waals surface area contributed by atoms with Gasteiger partial charge in [0.15, 0.2) is 0 Å². The number of carbonyl (C=O) groups is 2. The van der Waals surface area contributed by atoms with Gasteiger partial charge in [0, 0.05) is 12.3 Å². The molecule has 1 amide bonds. The Labute approximate surface area is 222 Å². The summed E-state index contributed by atoms with van der Waals surface area (Å²) in [5.74, 6) is -1.94. The third-order valence-corrected chi connectivity index (χ3v) is 5.40. The summed E-state index contributed by atoms with van der Waals surface area (Å²) in [7, 11) is 0. The lowest BCUT2D eigenvalue weighted by molar-refractivity contribution is -0.127. The first-order valence-corrected chi connectivity index (χ1v) is 13.2. The molecular weight excluding hydrogens is 466 g/mol. The molecule has 1 aromatic rings. The fourth-order valence-electron chi connectivity index (χ4n) is 3.35. The lowest BCUT2D eigenvalue weighted by Crippen LogP contribution is -2.30. The lowest BCUT2D eigenvalue weighted by Gasteiger charge is -2.16. The number of aromatic hydroxyl groups is 1. The molecule has 37 heavy (non-hydrogen) atoms. The number of rotatable bonds is 19. The highest BCUT2D eigenvalue weighted by Crippen LogP contribution is 2.22. The molecule has 0 aliphatic carbocycles. The molecule has 6 heteroatoms. The molecule has 0 spiro atoms. The number of anilines is 1. The van der Waals surface area contributed by atoms with Crippen LogP contribution in [0.1, 0.15) is 82.0 Å². The molecule has 0 aromatic heterocycles. The van der Waals surface area contributed by atoms with E-state index in [0.717, 1.165) is 51.4 Å². The molecule has 3 N–H and O–H groups in total. The predicted octanol–water partition coefficient (Wildman–Crippen LogP) is 7.75. The van der Waals surface area contributed by atoms with Crippen molar-refractivity contribution in [3.8, 4) is 5.75 Å². The first-order valence-electron chi connectivity index (χ1n) is 13.2. The van der Waals surface area contributed by atoms with Crippen molar-refractivity contribution in [2.45, 2.75) is 77.7 Å². The average molecular weight is 510 g/mol. The Bertz CT molecular complexity index is 943. The van der Waals surface area contributed by atoms with E-state index >= 15 is 0 Å². The summed E-state index contributed by atoms with van der Waals surface area (Å²) in [6.45, 7) is 4.48. The van der Waals surface area contributed by atoms with E-state index < -0.39 is 12.1 Å². The van der Waals surface area contributed by atoms with Gasteiger partial charge in [-0.15, -0.1) is 0 Å². The van der Waals surface area contributed by atoms with Gasteiger partial charge < -0.3 is 20.3 Å². The monoisotopic (exact) mass is 509 g/mol. The molecule has 0 bridgehead atoms. The van der Waals surface area contributed by atoms with E-state index in [1.165, 1.54) is 18.2 Å². The van der Waals surface area contributed by atoms with Gasteiger partial charge >= 0.3 is 5.97 Å². The van der Waals surface area contributed by atoms with Crippen molar-refractivity contribution >= 4 is 17.6 Å². The van der Waals surface area contributed by atoms with Crippen molar-refractivity contribution in [3.05, 3.63) is 84.5 Å². The molecule has 0 fully saturated rings. The zero-order valence-electron chi connectivity index (χ0n) is 22.3. The van der Waals surface area contributed by atoms with Crippen LogP contribution >= 0.6 is 0 Å². The van der Waals surface area contributed by atoms with Crippen LogP contribution in [0.15, 0.2) is 79.0 Å². The molecule has 0 saturated heterocycles. The number of nitrogens with one attached hydrogen (secondary N) is 1. The molecule has 1 aromatic carbocycles. The molecule has 0 unspecified atom stereocenters. The van der Waals surface area contributed by atoms with Crippen LogP contribution in [-0.2, 0) is 9.53 Å². The number of hydrogen-bond donors (Lipinski definition) is 3. The second-order valence-electron chi connectivity index (χ2n) is 8.50. The summed E-state index contributed by atoms with van der Waals surface area (Å²) in [6, 6.07) is 3.93. The second-order valence-corrected chi connectivity index (χ2v) is 8.50. The Morgan fingerprint density at radius 3 is 1.97 bits per heavy atom. The van der Waals surface area contributed by atoms with Crippen LogP contribution < -0.4 is 5.32 Å². The van der Waals surface area contributed by atoms with Crippen molar-refractivity contribution in [2.75, 3.05) is 11.9 Å². The van der Waals surface area contributed by atoms with Gasteiger partial charge in [-0.05, 0) is 76.0 Å². The summed E-state index contributed by atoms with van der Waals surface area (Å²) in [4.78, 5) is 23.6. The standard InChI is InChI=1S/C31H43NO5/c1-3-5-6-7-8-9-10-11-12-13-14-15-16-17-18-19-20-21-24-37-29(4-2)30(34)32-26-22-23-28(33)27(25-26)31(35)36/h5-6,8-9,11-12,14-15,17-18,22-23,25,29,33H,3-4,7,10,13,16,19-21,24H2,1-2H3,(H,32,34)(H,35,36)/t29-/m1/s1. The van der Waals surface area contributed by atoms with E-state index in [1.807, 2.05) is 6.92 Å². The van der Waals surface area contributed by atoms with Gasteiger partial charge in [0.25, 0.3) is 5.91 Å². The minimum Gasteiger partial charge on any atom is -0.507 e. The normalized spacial score (nSPS) is 13.0. The number of carboxylic acid groups (broad SMARTS) is 1. The lowest BCUT2D eigenvalue weighted by atomic mass is 10.1. The number of ether oxygens (including phenoxy) is 1. The molecule has 1 rings (SSSR count). The van der Waals surface area contributed by atoms with Crippen molar-refractivity contribution in [1.82, 2.24) is 0 Å². The van der Waals surface area contributed by atoms with E-state index in [4.69, 9.17) is 9.84 Å². The maximum absolute atomic E-state index is 12.5. The number of allylic oxidation sites excluding steroid dienone is 10. The largest absolute Gasteiger partial charge is 0.507 e. The molecule has 6 nitrogen and oxygen atoms in total. The number of carbonyl (C=O) groups excluding carboxylic acids is 1. The van der Waals surface area contributed by atoms with Gasteiger partial charge in [-0.1, -0.05) is 74.6 Å². The quantitative estimate of drug-likeness (QED) is 0.101. The van der Waals surface area contributed by atoms with Crippen LogP contribution in [0.2, 0.25) is 0 Å². The van der Waals surface area contributed by atoms with Crippen molar-refractivity contribution in [2.24, 2.45) is 0 Å². The highest BCUT2D eigenvalue weighted by molar-refractivity contribution is 5.97. The van der Waals surface area contributed by atoms with Crippen LogP contribution in [0.25, 0.3) is 0 Å². The molecule has 1 atom stereocenters. The van der Waals surface area contributed by atoms with Crippen LogP contribution in [-0.4, -0.2) is 34.8 Å². The fraction of sp³-hybridized carbons (Fsp3) is 0.419. The Morgan fingerprint density at radius 2 is 1.43 bits per heavy atom. The van der Waals surface area contributed by atoms with E-state index in [2.05, 4.69) is 73.0 Å². The van der Waals surface area contributed by atoms with Crippen LogP contribution in [0.4, 0.5) is 5.69 Å². The van der Waals surface area contributed by atoms with Gasteiger partial charge in [-0.2, -0.15) is 0 Å². The van der Waals surface area contributed by atoms with Crippen molar-refractivity contribution in [1.29, 1.82) is 0 Å². The zero-order chi connectivity index (χ0) is 27.1. The van der Waals surface area contributed by atoms with E-state index in [9.17, 15) is 14.7 Å². The maximum atomic E-state index is 12.5. The Morgan fingerprint density at radius 1 is 0.865 bits per heavy atom. The third kappa shape index (κ3) is 15.4. The van der Waals surface area contributed by atoms with Gasteiger partial charge in [0.05, 0.1) is 0 Å². The topological polar surface area (TPSA) is 95.9 Å². The van der Waals surface area contributed by atoms with Gasteiger partial charge in [0.1, 0.15) is 17.4 Å². The zero-order valence-corrected chi connectivity index (χ0v) is 22.3. The summed E-state index contributed by atoms with van der Waals surface area (Å²) >= 11 is 0. The highest BCUT2D eigenvalue weighted by Gasteiger charge is 2.18. The van der Waals surface area contributed by atoms with Crippen LogP contribution in [0.5, 0.6) is 5.75 Å². The van der Waals surface area contributed by atoms with Crippen LogP contribution in [0, 0.1) is 0 Å². The molecule has 0 radical (unpaired) electrons. The number of unbranched alkanes of at least 4 members (excludes halogenated alkanes) is 2. The summed E-state index contributed by atoms with van der Waals surface area (Å²) < 4.78 is 5.73. The van der Waals surface area contributed by atoms with E-state index in [-0.39, 0.29) is 17.2 Å². The summed E-state index contributed by atoms with van der Waals surface area (Å²) in [6.07, 6.45) is 29.5. The minimum atomic E-state index is -1.26. The van der Waals surface area contributed by atoms with Gasteiger partial charge in [-0.3, -0.25) is 4.79 Å². The van der Waals surface area contributed by atoms with Gasteiger partial charge in [0.2, 0.25) is 0 Å². The minimum absolute atomic E-state index is 0.262. The molecule has 0 aliphatic heterocycles. The molecule has 0 heterocycles. The van der Waals surface area contributed by atoms with E-state index in [0.29, 0.717) is 18.7 Å². The highest BCUT2D eigenvalue weighted by atomic mass is 16.5. The molecular formula is C31H43NO5. The number of hydrogen-bond acceptors (Lipinski definition) is 4. The number of carboxylic acids is 1. The number of amides is 1. The average Bonchev–Trinajstić information content (AvgIpc) is 2.88. The SMILES string of the molecule is CCC=CCC=CCC=CCC=CCC=CCCCCO[C@H](CC)C(=O)Nc1ccc(O)c(C(=O)O)c1. The predicted molar refractivity (Wildman–Crippen MR) is 152 cm³/mol. The first-order chi connectivity index (χ1) is 18.0.